The molecule has 0 fully saturated rings. The summed E-state index contributed by atoms with van der Waals surface area (Å²) < 4.78 is 25.5. The average molecular weight is 191 g/mol. The van der Waals surface area contributed by atoms with Crippen molar-refractivity contribution in [2.24, 2.45) is 5.73 Å². The van der Waals surface area contributed by atoms with Gasteiger partial charge in [0.15, 0.2) is 0 Å². The second-order valence-corrected chi connectivity index (χ2v) is 3.82. The lowest BCUT2D eigenvalue weighted by Gasteiger charge is -2.11. The fourth-order valence-corrected chi connectivity index (χ4v) is 1.86. The van der Waals surface area contributed by atoms with Gasteiger partial charge in [0.2, 0.25) is 0 Å². The average Bonchev–Trinajstić information content (AvgIpc) is 2.35. The molecule has 1 rings (SSSR count). The van der Waals surface area contributed by atoms with E-state index in [9.17, 15) is 8.78 Å². The lowest BCUT2D eigenvalue weighted by Crippen LogP contribution is -2.29. The second-order valence-electron chi connectivity index (χ2n) is 2.83. The highest BCUT2D eigenvalue weighted by atomic mass is 32.1. The second kappa shape index (κ2) is 3.49. The van der Waals surface area contributed by atoms with Crippen LogP contribution in [-0.2, 0) is 6.42 Å². The first-order valence-corrected chi connectivity index (χ1v) is 4.53. The van der Waals surface area contributed by atoms with Crippen molar-refractivity contribution in [1.82, 2.24) is 0 Å². The largest absolute Gasteiger partial charge is 0.325 e. The molecule has 0 saturated carbocycles. The van der Waals surface area contributed by atoms with Gasteiger partial charge < -0.3 is 5.73 Å². The van der Waals surface area contributed by atoms with E-state index >= 15 is 0 Å². The summed E-state index contributed by atoms with van der Waals surface area (Å²) in [7, 11) is 0. The lowest BCUT2D eigenvalue weighted by atomic mass is 10.2. The molecular formula is C8H11F2NS. The molecule has 0 aromatic carbocycles. The summed E-state index contributed by atoms with van der Waals surface area (Å²) in [6.45, 7) is 1.31. The summed E-state index contributed by atoms with van der Waals surface area (Å²) in [5.41, 5.74) is 5.95. The highest BCUT2D eigenvalue weighted by Crippen LogP contribution is 2.23. The minimum absolute atomic E-state index is 0.234. The minimum atomic E-state index is -2.75. The predicted octanol–water partition coefficient (Wildman–Crippen LogP) is 2.19. The van der Waals surface area contributed by atoms with Gasteiger partial charge in [-0.3, -0.25) is 0 Å². The predicted molar refractivity (Wildman–Crippen MR) is 46.8 cm³/mol. The van der Waals surface area contributed by atoms with Gasteiger partial charge in [0, 0.05) is 11.3 Å². The van der Waals surface area contributed by atoms with Crippen molar-refractivity contribution in [1.29, 1.82) is 0 Å². The fourth-order valence-electron chi connectivity index (χ4n) is 0.910. The third kappa shape index (κ3) is 2.53. The molecule has 0 saturated heterocycles. The van der Waals surface area contributed by atoms with E-state index in [1.807, 2.05) is 12.3 Å². The maximum absolute atomic E-state index is 12.7. The van der Waals surface area contributed by atoms with E-state index in [2.05, 4.69) is 0 Å². The van der Waals surface area contributed by atoms with Gasteiger partial charge in [-0.15, -0.1) is 11.3 Å². The van der Waals surface area contributed by atoms with E-state index in [0.29, 0.717) is 4.88 Å². The van der Waals surface area contributed by atoms with E-state index in [1.54, 1.807) is 6.07 Å². The summed E-state index contributed by atoms with van der Waals surface area (Å²) >= 11 is 1.36. The van der Waals surface area contributed by atoms with E-state index in [1.165, 1.54) is 11.3 Å². The number of aryl methyl sites for hydroxylation is 1. The van der Waals surface area contributed by atoms with Crippen LogP contribution in [-0.4, -0.2) is 12.5 Å². The van der Waals surface area contributed by atoms with Crippen molar-refractivity contribution < 1.29 is 8.78 Å². The smallest absolute Gasteiger partial charge is 0.264 e. The molecule has 4 heteroatoms. The highest BCUT2D eigenvalue weighted by molar-refractivity contribution is 7.10. The lowest BCUT2D eigenvalue weighted by molar-refractivity contribution is 0.0123. The molecule has 0 atom stereocenters. The van der Waals surface area contributed by atoms with Crippen LogP contribution in [0.1, 0.15) is 10.4 Å². The van der Waals surface area contributed by atoms with E-state index < -0.39 is 12.5 Å². The molecule has 0 spiro atoms. The van der Waals surface area contributed by atoms with Gasteiger partial charge in [-0.05, 0) is 23.9 Å². The first-order chi connectivity index (χ1) is 5.53. The summed E-state index contributed by atoms with van der Waals surface area (Å²) in [5.74, 6) is -2.75. The van der Waals surface area contributed by atoms with Crippen molar-refractivity contribution in [3.8, 4) is 0 Å². The molecule has 0 bridgehead atoms. The Morgan fingerprint density at radius 2 is 2.25 bits per heavy atom. The van der Waals surface area contributed by atoms with Crippen molar-refractivity contribution in [2.75, 3.05) is 6.54 Å². The van der Waals surface area contributed by atoms with Crippen LogP contribution in [0.5, 0.6) is 0 Å². The van der Waals surface area contributed by atoms with Crippen LogP contribution >= 0.6 is 11.3 Å². The van der Waals surface area contributed by atoms with Gasteiger partial charge in [-0.1, -0.05) is 0 Å². The van der Waals surface area contributed by atoms with Gasteiger partial charge in [-0.2, -0.15) is 0 Å². The molecule has 1 aromatic rings. The highest BCUT2D eigenvalue weighted by Gasteiger charge is 2.27. The Morgan fingerprint density at radius 3 is 2.67 bits per heavy atom. The number of halogens is 2. The molecule has 2 N–H and O–H groups in total. The van der Waals surface area contributed by atoms with Crippen LogP contribution in [0, 0.1) is 6.92 Å². The molecule has 0 unspecified atom stereocenters. The SMILES string of the molecule is Cc1csc(CC(F)(F)CN)c1. The topological polar surface area (TPSA) is 26.0 Å². The zero-order valence-corrected chi connectivity index (χ0v) is 7.63. The van der Waals surface area contributed by atoms with Gasteiger partial charge in [0.1, 0.15) is 0 Å². The van der Waals surface area contributed by atoms with Gasteiger partial charge in [0.25, 0.3) is 5.92 Å². The van der Waals surface area contributed by atoms with Crippen molar-refractivity contribution in [2.45, 2.75) is 19.3 Å². The summed E-state index contributed by atoms with van der Waals surface area (Å²) in [5, 5.41) is 1.86. The van der Waals surface area contributed by atoms with Crippen LogP contribution in [0.2, 0.25) is 0 Å². The first kappa shape index (κ1) is 9.61. The molecule has 0 aliphatic heterocycles. The van der Waals surface area contributed by atoms with Crippen LogP contribution in [0.25, 0.3) is 0 Å². The Balaban J connectivity index is 2.63. The van der Waals surface area contributed by atoms with Crippen molar-refractivity contribution >= 4 is 11.3 Å². The standard InChI is InChI=1S/C8H11F2NS/c1-6-2-7(12-4-6)3-8(9,10)5-11/h2,4H,3,5,11H2,1H3. The molecule has 0 amide bonds. The Morgan fingerprint density at radius 1 is 1.58 bits per heavy atom. The van der Waals surface area contributed by atoms with Gasteiger partial charge in [-0.25, -0.2) is 8.78 Å². The van der Waals surface area contributed by atoms with Crippen molar-refractivity contribution in [3.63, 3.8) is 0 Å². The number of nitrogens with two attached hydrogens (primary N) is 1. The number of thiophene rings is 1. The van der Waals surface area contributed by atoms with E-state index in [0.717, 1.165) is 5.56 Å². The van der Waals surface area contributed by atoms with E-state index in [4.69, 9.17) is 5.73 Å². The van der Waals surface area contributed by atoms with Crippen molar-refractivity contribution in [3.05, 3.63) is 21.9 Å². The Labute approximate surface area is 74.2 Å². The molecule has 12 heavy (non-hydrogen) atoms. The molecule has 1 aromatic heterocycles. The Kier molecular flexibility index (Phi) is 2.80. The third-order valence-electron chi connectivity index (χ3n) is 1.52. The van der Waals surface area contributed by atoms with Gasteiger partial charge in [0.05, 0.1) is 6.54 Å². The maximum Gasteiger partial charge on any atom is 0.264 e. The van der Waals surface area contributed by atoms with E-state index in [-0.39, 0.29) is 6.42 Å². The normalized spacial score (nSPS) is 12.0. The quantitative estimate of drug-likeness (QED) is 0.778. The molecule has 0 aliphatic carbocycles. The van der Waals surface area contributed by atoms with Crippen LogP contribution in [0.15, 0.2) is 11.4 Å². The van der Waals surface area contributed by atoms with Crippen LogP contribution in [0.3, 0.4) is 0 Å². The van der Waals surface area contributed by atoms with Gasteiger partial charge >= 0.3 is 0 Å². The number of hydrogen-bond donors (Lipinski definition) is 1. The Hall–Kier alpha value is -0.480. The molecule has 0 radical (unpaired) electrons. The summed E-state index contributed by atoms with van der Waals surface area (Å²) in [6, 6.07) is 1.77. The zero-order chi connectivity index (χ0) is 9.19. The number of hydrogen-bond acceptors (Lipinski definition) is 2. The summed E-state index contributed by atoms with van der Waals surface area (Å²) in [6.07, 6.45) is -0.234. The molecule has 68 valence electrons. The van der Waals surface area contributed by atoms with Crippen LogP contribution < -0.4 is 5.73 Å². The Bertz CT molecular complexity index is 257. The van der Waals surface area contributed by atoms with Crippen LogP contribution in [0.4, 0.5) is 8.78 Å². The number of alkyl halides is 2. The summed E-state index contributed by atoms with van der Waals surface area (Å²) in [4.78, 5) is 0.697. The monoisotopic (exact) mass is 191 g/mol. The first-order valence-electron chi connectivity index (χ1n) is 3.65. The fraction of sp³-hybridized carbons (Fsp3) is 0.500. The maximum atomic E-state index is 12.7. The molecule has 0 aliphatic rings. The molecule has 1 nitrogen and oxygen atoms in total. The molecular weight excluding hydrogens is 180 g/mol. The molecule has 1 heterocycles. The minimum Gasteiger partial charge on any atom is -0.325 e. The zero-order valence-electron chi connectivity index (χ0n) is 6.81. The third-order valence-corrected chi connectivity index (χ3v) is 2.57. The number of rotatable bonds is 3.